The number of ketones is 1. The molecule has 1 heteroatoms. The van der Waals surface area contributed by atoms with Crippen LogP contribution in [0.5, 0.6) is 0 Å². The summed E-state index contributed by atoms with van der Waals surface area (Å²) in [5.41, 5.74) is 1.10. The molecule has 0 spiro atoms. The Kier molecular flexibility index (Phi) is 4.79. The Morgan fingerprint density at radius 3 is 2.37 bits per heavy atom. The second-order valence-electron chi connectivity index (χ2n) is 6.36. The summed E-state index contributed by atoms with van der Waals surface area (Å²) in [7, 11) is 0. The summed E-state index contributed by atoms with van der Waals surface area (Å²) in [5, 5.41) is 0. The molecule has 1 aromatic carbocycles. The predicted octanol–water partition coefficient (Wildman–Crippen LogP) is 4.89. The zero-order chi connectivity index (χ0) is 13.7. The maximum absolute atomic E-state index is 12.7. The molecule has 2 rings (SSSR count). The van der Waals surface area contributed by atoms with Crippen LogP contribution < -0.4 is 0 Å². The molecule has 1 fully saturated rings. The first-order valence-corrected chi connectivity index (χ1v) is 7.74. The zero-order valence-electron chi connectivity index (χ0n) is 12.3. The van der Waals surface area contributed by atoms with Crippen LogP contribution in [0.1, 0.15) is 64.4 Å². The number of rotatable bonds is 6. The Hall–Kier alpha value is -1.11. The third kappa shape index (κ3) is 3.26. The fourth-order valence-corrected chi connectivity index (χ4v) is 3.37. The molecule has 0 N–H and O–H groups in total. The summed E-state index contributed by atoms with van der Waals surface area (Å²) >= 11 is 0. The Balaban J connectivity index is 2.09. The lowest BCUT2D eigenvalue weighted by atomic mass is 9.74. The van der Waals surface area contributed by atoms with E-state index in [1.165, 1.54) is 18.4 Å². The lowest BCUT2D eigenvalue weighted by molar-refractivity contribution is -0.124. The highest BCUT2D eigenvalue weighted by Gasteiger charge is 2.41. The van der Waals surface area contributed by atoms with E-state index in [4.69, 9.17) is 0 Å². The first-order chi connectivity index (χ1) is 9.15. The van der Waals surface area contributed by atoms with Gasteiger partial charge in [0, 0.05) is 6.42 Å². The fraction of sp³-hybridized carbons (Fsp3) is 0.611. The summed E-state index contributed by atoms with van der Waals surface area (Å²) in [6.45, 7) is 4.46. The first-order valence-electron chi connectivity index (χ1n) is 7.74. The number of benzene rings is 1. The molecule has 0 atom stereocenters. The maximum Gasteiger partial charge on any atom is 0.143 e. The molecule has 0 amide bonds. The van der Waals surface area contributed by atoms with Crippen LogP contribution >= 0.6 is 0 Å². The van der Waals surface area contributed by atoms with Gasteiger partial charge in [-0.2, -0.15) is 0 Å². The molecule has 0 bridgehead atoms. The SMILES string of the molecule is CC(C)CCCC(=O)C1(c2ccccc2)CCCC1. The van der Waals surface area contributed by atoms with Crippen LogP contribution in [0.25, 0.3) is 0 Å². The molecule has 19 heavy (non-hydrogen) atoms. The summed E-state index contributed by atoms with van der Waals surface area (Å²) < 4.78 is 0. The van der Waals surface area contributed by atoms with E-state index in [2.05, 4.69) is 38.1 Å². The molecule has 0 heterocycles. The second kappa shape index (κ2) is 6.36. The number of hydrogen-bond donors (Lipinski definition) is 0. The van der Waals surface area contributed by atoms with Gasteiger partial charge in [0.05, 0.1) is 5.41 Å². The number of hydrogen-bond acceptors (Lipinski definition) is 1. The van der Waals surface area contributed by atoms with Gasteiger partial charge in [0.25, 0.3) is 0 Å². The van der Waals surface area contributed by atoms with E-state index in [1.54, 1.807) is 0 Å². The van der Waals surface area contributed by atoms with Gasteiger partial charge in [-0.25, -0.2) is 0 Å². The van der Waals surface area contributed by atoms with Crippen molar-refractivity contribution >= 4 is 5.78 Å². The minimum atomic E-state index is -0.155. The second-order valence-corrected chi connectivity index (χ2v) is 6.36. The maximum atomic E-state index is 12.7. The molecule has 1 aliphatic rings. The molecule has 0 saturated heterocycles. The van der Waals surface area contributed by atoms with E-state index < -0.39 is 0 Å². The minimum Gasteiger partial charge on any atom is -0.299 e. The van der Waals surface area contributed by atoms with Gasteiger partial charge in [0.1, 0.15) is 5.78 Å². The van der Waals surface area contributed by atoms with Crippen molar-refractivity contribution in [2.45, 2.75) is 64.2 Å². The molecule has 0 radical (unpaired) electrons. The van der Waals surface area contributed by atoms with Crippen molar-refractivity contribution in [3.05, 3.63) is 35.9 Å². The van der Waals surface area contributed by atoms with Crippen LogP contribution in [0, 0.1) is 5.92 Å². The lowest BCUT2D eigenvalue weighted by Gasteiger charge is -2.28. The molecule has 0 aliphatic heterocycles. The first kappa shape index (κ1) is 14.3. The average molecular weight is 258 g/mol. The lowest BCUT2D eigenvalue weighted by Crippen LogP contribution is -2.32. The topological polar surface area (TPSA) is 17.1 Å². The van der Waals surface area contributed by atoms with Crippen molar-refractivity contribution < 1.29 is 4.79 Å². The number of carbonyl (C=O) groups excluding carboxylic acids is 1. The summed E-state index contributed by atoms with van der Waals surface area (Å²) in [5.74, 6) is 1.18. The van der Waals surface area contributed by atoms with E-state index in [0.717, 1.165) is 32.1 Å². The molecule has 1 nitrogen and oxygen atoms in total. The van der Waals surface area contributed by atoms with Gasteiger partial charge in [-0.05, 0) is 30.7 Å². The predicted molar refractivity (Wildman–Crippen MR) is 80.3 cm³/mol. The molecular formula is C18H26O. The van der Waals surface area contributed by atoms with Crippen molar-refractivity contribution in [2.75, 3.05) is 0 Å². The summed E-state index contributed by atoms with van der Waals surface area (Å²) in [6, 6.07) is 10.5. The van der Waals surface area contributed by atoms with Gasteiger partial charge in [0.2, 0.25) is 0 Å². The normalized spacial score (nSPS) is 17.8. The van der Waals surface area contributed by atoms with Crippen LogP contribution in [-0.4, -0.2) is 5.78 Å². The van der Waals surface area contributed by atoms with Crippen LogP contribution in [0.4, 0.5) is 0 Å². The van der Waals surface area contributed by atoms with Crippen molar-refractivity contribution in [1.29, 1.82) is 0 Å². The summed E-state index contributed by atoms with van der Waals surface area (Å²) in [4.78, 5) is 12.7. The molecule has 1 aromatic rings. The van der Waals surface area contributed by atoms with Gasteiger partial charge in [-0.3, -0.25) is 4.79 Å². The van der Waals surface area contributed by atoms with Crippen molar-refractivity contribution in [2.24, 2.45) is 5.92 Å². The van der Waals surface area contributed by atoms with E-state index >= 15 is 0 Å². The Morgan fingerprint density at radius 1 is 1.16 bits per heavy atom. The smallest absolute Gasteiger partial charge is 0.143 e. The Morgan fingerprint density at radius 2 is 1.79 bits per heavy atom. The quantitative estimate of drug-likeness (QED) is 0.709. The molecule has 1 saturated carbocycles. The van der Waals surface area contributed by atoms with Gasteiger partial charge in [-0.15, -0.1) is 0 Å². The number of Topliss-reactive ketones (excluding diaryl/α,β-unsaturated/α-hetero) is 1. The third-order valence-corrected chi connectivity index (χ3v) is 4.50. The van der Waals surface area contributed by atoms with Gasteiger partial charge in [-0.1, -0.05) is 63.4 Å². The van der Waals surface area contributed by atoms with Gasteiger partial charge >= 0.3 is 0 Å². The fourth-order valence-electron chi connectivity index (χ4n) is 3.37. The third-order valence-electron chi connectivity index (χ3n) is 4.50. The Bertz CT molecular complexity index is 399. The Labute approximate surface area is 117 Å². The highest BCUT2D eigenvalue weighted by Crippen LogP contribution is 2.42. The standard InChI is InChI=1S/C18H26O/c1-15(2)9-8-12-17(19)18(13-6-7-14-18)16-10-4-3-5-11-16/h3-5,10-11,15H,6-9,12-14H2,1-2H3. The minimum absolute atomic E-state index is 0.155. The van der Waals surface area contributed by atoms with E-state index in [9.17, 15) is 4.79 Å². The zero-order valence-corrected chi connectivity index (χ0v) is 12.3. The highest BCUT2D eigenvalue weighted by atomic mass is 16.1. The van der Waals surface area contributed by atoms with Crippen LogP contribution in [0.3, 0.4) is 0 Å². The van der Waals surface area contributed by atoms with Crippen molar-refractivity contribution in [3.8, 4) is 0 Å². The van der Waals surface area contributed by atoms with E-state index in [-0.39, 0.29) is 5.41 Å². The molecule has 1 aliphatic carbocycles. The number of carbonyl (C=O) groups is 1. The average Bonchev–Trinajstić information content (AvgIpc) is 2.90. The van der Waals surface area contributed by atoms with Crippen LogP contribution in [0.2, 0.25) is 0 Å². The summed E-state index contributed by atoms with van der Waals surface area (Å²) in [6.07, 6.45) is 7.47. The van der Waals surface area contributed by atoms with Gasteiger partial charge < -0.3 is 0 Å². The molecule has 0 unspecified atom stereocenters. The van der Waals surface area contributed by atoms with Crippen molar-refractivity contribution in [3.63, 3.8) is 0 Å². The molecule has 104 valence electrons. The van der Waals surface area contributed by atoms with Gasteiger partial charge in [0.15, 0.2) is 0 Å². The highest BCUT2D eigenvalue weighted by molar-refractivity contribution is 5.90. The molecular weight excluding hydrogens is 232 g/mol. The van der Waals surface area contributed by atoms with E-state index in [0.29, 0.717) is 11.7 Å². The van der Waals surface area contributed by atoms with Crippen LogP contribution in [-0.2, 0) is 10.2 Å². The van der Waals surface area contributed by atoms with E-state index in [1.807, 2.05) is 6.07 Å². The van der Waals surface area contributed by atoms with Crippen molar-refractivity contribution in [1.82, 2.24) is 0 Å². The largest absolute Gasteiger partial charge is 0.299 e. The molecule has 0 aromatic heterocycles. The van der Waals surface area contributed by atoms with Crippen LogP contribution in [0.15, 0.2) is 30.3 Å². The monoisotopic (exact) mass is 258 g/mol.